The highest BCUT2D eigenvalue weighted by atomic mass is 16.2. The number of amides is 2. The molecule has 0 aliphatic carbocycles. The van der Waals surface area contributed by atoms with E-state index in [0.29, 0.717) is 12.6 Å². The summed E-state index contributed by atoms with van der Waals surface area (Å²) < 4.78 is 0. The normalized spacial score (nSPS) is 12.8. The van der Waals surface area contributed by atoms with Gasteiger partial charge in [-0.25, -0.2) is 0 Å². The number of hydrogen-bond donors (Lipinski definition) is 3. The first-order valence-electron chi connectivity index (χ1n) is 7.76. The summed E-state index contributed by atoms with van der Waals surface area (Å²) in [5.74, 6) is -0.388. The van der Waals surface area contributed by atoms with Gasteiger partial charge in [-0.2, -0.15) is 0 Å². The summed E-state index contributed by atoms with van der Waals surface area (Å²) in [4.78, 5) is 25.4. The third kappa shape index (κ3) is 9.42. The molecule has 0 fully saturated rings. The van der Waals surface area contributed by atoms with Crippen molar-refractivity contribution in [1.29, 1.82) is 0 Å². The number of carbonyl (C=O) groups is 2. The Balaban J connectivity index is 3.66. The van der Waals surface area contributed by atoms with Crippen LogP contribution < -0.4 is 16.4 Å². The van der Waals surface area contributed by atoms with E-state index >= 15 is 0 Å². The Labute approximate surface area is 128 Å². The van der Waals surface area contributed by atoms with Gasteiger partial charge in [0.15, 0.2) is 0 Å². The van der Waals surface area contributed by atoms with Crippen LogP contribution >= 0.6 is 0 Å². The van der Waals surface area contributed by atoms with Gasteiger partial charge in [0.05, 0.1) is 12.6 Å². The maximum Gasteiger partial charge on any atom is 0.239 e. The quantitative estimate of drug-likeness (QED) is 0.507. The number of hydrogen-bond acceptors (Lipinski definition) is 4. The molecule has 0 aliphatic heterocycles. The van der Waals surface area contributed by atoms with E-state index in [4.69, 9.17) is 5.73 Å². The van der Waals surface area contributed by atoms with Crippen molar-refractivity contribution in [3.05, 3.63) is 0 Å². The lowest BCUT2D eigenvalue weighted by Gasteiger charge is -2.20. The average molecular weight is 300 g/mol. The van der Waals surface area contributed by atoms with Crippen molar-refractivity contribution in [3.63, 3.8) is 0 Å². The van der Waals surface area contributed by atoms with Crippen molar-refractivity contribution in [3.8, 4) is 0 Å². The third-order valence-corrected chi connectivity index (χ3v) is 3.59. The fraction of sp³-hybridized carbons (Fsp3) is 0.867. The van der Waals surface area contributed by atoms with Crippen LogP contribution in [0.3, 0.4) is 0 Å². The second-order valence-corrected chi connectivity index (χ2v) is 6.12. The number of nitrogens with zero attached hydrogens (tertiary/aromatic N) is 1. The van der Waals surface area contributed by atoms with Crippen molar-refractivity contribution >= 4 is 11.8 Å². The number of rotatable bonds is 10. The summed E-state index contributed by atoms with van der Waals surface area (Å²) in [6.45, 7) is 9.71. The van der Waals surface area contributed by atoms with Crippen LogP contribution in [0.15, 0.2) is 0 Å². The van der Waals surface area contributed by atoms with E-state index < -0.39 is 6.04 Å². The minimum atomic E-state index is -0.565. The first kappa shape index (κ1) is 19.9. The molecule has 6 heteroatoms. The van der Waals surface area contributed by atoms with Gasteiger partial charge < -0.3 is 21.3 Å². The van der Waals surface area contributed by atoms with Crippen LogP contribution in [-0.4, -0.2) is 55.5 Å². The molecule has 124 valence electrons. The molecule has 0 aromatic heterocycles. The van der Waals surface area contributed by atoms with Gasteiger partial charge in [0, 0.05) is 12.6 Å². The van der Waals surface area contributed by atoms with E-state index in [2.05, 4.69) is 36.4 Å². The smallest absolute Gasteiger partial charge is 0.239 e. The molecule has 0 rings (SSSR count). The zero-order valence-corrected chi connectivity index (χ0v) is 14.1. The molecule has 0 saturated heterocycles. The molecule has 1 atom stereocenters. The SMILES string of the molecule is CC(C)[C@H](N)C(=O)NCC(=O)NCCCCN(C)C(C)C. The van der Waals surface area contributed by atoms with Crippen LogP contribution in [0.4, 0.5) is 0 Å². The van der Waals surface area contributed by atoms with E-state index in [1.807, 2.05) is 13.8 Å². The first-order valence-corrected chi connectivity index (χ1v) is 7.76. The van der Waals surface area contributed by atoms with Gasteiger partial charge in [-0.05, 0) is 46.2 Å². The van der Waals surface area contributed by atoms with Gasteiger partial charge in [0.2, 0.25) is 11.8 Å². The third-order valence-electron chi connectivity index (χ3n) is 3.59. The Morgan fingerprint density at radius 1 is 1.10 bits per heavy atom. The lowest BCUT2D eigenvalue weighted by atomic mass is 10.1. The maximum absolute atomic E-state index is 11.6. The van der Waals surface area contributed by atoms with Gasteiger partial charge in [0.25, 0.3) is 0 Å². The molecule has 0 heterocycles. The minimum absolute atomic E-state index is 0.00878. The van der Waals surface area contributed by atoms with Crippen LogP contribution in [-0.2, 0) is 9.59 Å². The molecule has 0 unspecified atom stereocenters. The van der Waals surface area contributed by atoms with Crippen LogP contribution in [0, 0.1) is 5.92 Å². The highest BCUT2D eigenvalue weighted by molar-refractivity contribution is 5.87. The molecule has 0 spiro atoms. The van der Waals surface area contributed by atoms with Crippen molar-refractivity contribution in [2.75, 3.05) is 26.7 Å². The largest absolute Gasteiger partial charge is 0.355 e. The van der Waals surface area contributed by atoms with E-state index in [1.165, 1.54) is 0 Å². The van der Waals surface area contributed by atoms with Gasteiger partial charge in [-0.1, -0.05) is 13.8 Å². The van der Waals surface area contributed by atoms with Crippen molar-refractivity contribution < 1.29 is 9.59 Å². The van der Waals surface area contributed by atoms with Crippen molar-refractivity contribution in [2.45, 2.75) is 52.6 Å². The predicted molar refractivity (Wildman–Crippen MR) is 85.8 cm³/mol. The summed E-state index contributed by atoms with van der Waals surface area (Å²) in [6, 6.07) is -0.0238. The fourth-order valence-electron chi connectivity index (χ4n) is 1.62. The van der Waals surface area contributed by atoms with Gasteiger partial charge in [0.1, 0.15) is 0 Å². The summed E-state index contributed by atoms with van der Waals surface area (Å²) in [7, 11) is 2.09. The second kappa shape index (κ2) is 10.6. The topological polar surface area (TPSA) is 87.5 Å². The van der Waals surface area contributed by atoms with Crippen LogP contribution in [0.25, 0.3) is 0 Å². The Morgan fingerprint density at radius 3 is 2.24 bits per heavy atom. The standard InChI is InChI=1S/C15H32N4O2/c1-11(2)14(16)15(21)18-10-13(20)17-8-6-7-9-19(5)12(3)4/h11-12,14H,6-10,16H2,1-5H3,(H,17,20)(H,18,21)/t14-/m0/s1. The van der Waals surface area contributed by atoms with E-state index in [-0.39, 0.29) is 24.3 Å². The van der Waals surface area contributed by atoms with Gasteiger partial charge >= 0.3 is 0 Å². The summed E-state index contributed by atoms with van der Waals surface area (Å²) in [5, 5.41) is 5.35. The molecule has 0 saturated carbocycles. The second-order valence-electron chi connectivity index (χ2n) is 6.12. The summed E-state index contributed by atoms with van der Waals surface area (Å²) in [6.07, 6.45) is 1.97. The Hall–Kier alpha value is -1.14. The molecule has 21 heavy (non-hydrogen) atoms. The van der Waals surface area contributed by atoms with E-state index in [9.17, 15) is 9.59 Å². The molecular formula is C15H32N4O2. The van der Waals surface area contributed by atoms with Crippen molar-refractivity contribution in [2.24, 2.45) is 11.7 Å². The lowest BCUT2D eigenvalue weighted by molar-refractivity contribution is -0.127. The Kier molecular flexibility index (Phi) is 9.99. The highest BCUT2D eigenvalue weighted by Gasteiger charge is 2.17. The molecule has 0 aliphatic rings. The highest BCUT2D eigenvalue weighted by Crippen LogP contribution is 1.98. The van der Waals surface area contributed by atoms with E-state index in [1.54, 1.807) is 0 Å². The lowest BCUT2D eigenvalue weighted by Crippen LogP contribution is -2.47. The zero-order valence-electron chi connectivity index (χ0n) is 14.1. The molecule has 0 bridgehead atoms. The molecule has 6 nitrogen and oxygen atoms in total. The van der Waals surface area contributed by atoms with Crippen LogP contribution in [0.5, 0.6) is 0 Å². The molecular weight excluding hydrogens is 268 g/mol. The van der Waals surface area contributed by atoms with Gasteiger partial charge in [-0.15, -0.1) is 0 Å². The molecule has 0 radical (unpaired) electrons. The maximum atomic E-state index is 11.6. The zero-order chi connectivity index (χ0) is 16.4. The minimum Gasteiger partial charge on any atom is -0.355 e. The van der Waals surface area contributed by atoms with Gasteiger partial charge in [-0.3, -0.25) is 9.59 Å². The predicted octanol–water partition coefficient (Wildman–Crippen LogP) is 0.323. The van der Waals surface area contributed by atoms with Crippen molar-refractivity contribution in [1.82, 2.24) is 15.5 Å². The molecule has 4 N–H and O–H groups in total. The number of nitrogens with two attached hydrogens (primary N) is 1. The van der Waals surface area contributed by atoms with Crippen LogP contribution in [0.1, 0.15) is 40.5 Å². The number of carbonyl (C=O) groups excluding carboxylic acids is 2. The number of unbranched alkanes of at least 4 members (excludes halogenated alkanes) is 1. The number of nitrogens with one attached hydrogen (secondary N) is 2. The Bertz CT molecular complexity index is 319. The van der Waals surface area contributed by atoms with E-state index in [0.717, 1.165) is 19.4 Å². The monoisotopic (exact) mass is 300 g/mol. The molecule has 0 aromatic carbocycles. The fourth-order valence-corrected chi connectivity index (χ4v) is 1.62. The first-order chi connectivity index (χ1) is 9.75. The average Bonchev–Trinajstić information content (AvgIpc) is 2.42. The summed E-state index contributed by atoms with van der Waals surface area (Å²) >= 11 is 0. The van der Waals surface area contributed by atoms with Crippen LogP contribution in [0.2, 0.25) is 0 Å². The summed E-state index contributed by atoms with van der Waals surface area (Å²) in [5.41, 5.74) is 5.69. The molecule has 2 amide bonds. The Morgan fingerprint density at radius 2 is 1.71 bits per heavy atom. The molecule has 0 aromatic rings.